The fourth-order valence-electron chi connectivity index (χ4n) is 3.75. The second kappa shape index (κ2) is 6.34. The summed E-state index contributed by atoms with van der Waals surface area (Å²) in [6.07, 6.45) is 5.03. The lowest BCUT2D eigenvalue weighted by atomic mass is 9.95. The van der Waals surface area contributed by atoms with E-state index in [0.717, 1.165) is 50.4 Å². The number of likely N-dealkylation sites (tertiary alicyclic amines) is 1. The van der Waals surface area contributed by atoms with Gasteiger partial charge in [0, 0.05) is 39.2 Å². The monoisotopic (exact) mass is 329 g/mol. The van der Waals surface area contributed by atoms with Gasteiger partial charge in [-0.25, -0.2) is 0 Å². The molecule has 0 bridgehead atoms. The number of hydrazone groups is 1. The predicted octanol–water partition coefficient (Wildman–Crippen LogP) is 2.41. The van der Waals surface area contributed by atoms with Gasteiger partial charge in [-0.2, -0.15) is 5.10 Å². The molecule has 1 aromatic carbocycles. The molecule has 1 fully saturated rings. The highest BCUT2D eigenvalue weighted by Crippen LogP contribution is 2.38. The highest BCUT2D eigenvalue weighted by Gasteiger charge is 2.29. The van der Waals surface area contributed by atoms with Crippen molar-refractivity contribution in [2.45, 2.75) is 32.2 Å². The fraction of sp³-hybridized carbons (Fsp3) is 0.556. The number of nitrogens with zero attached hydrogens (tertiary/aromatic N) is 3. The Labute approximate surface area is 142 Å². The number of hydrogen-bond acceptors (Lipinski definition) is 5. The van der Waals surface area contributed by atoms with Crippen molar-refractivity contribution in [3.63, 3.8) is 0 Å². The number of piperidine rings is 1. The van der Waals surface area contributed by atoms with E-state index in [2.05, 4.69) is 22.2 Å². The molecule has 6 heteroatoms. The molecule has 1 aromatic rings. The molecule has 4 rings (SSSR count). The highest BCUT2D eigenvalue weighted by atomic mass is 16.7. The number of fused-ring (bicyclic) bond motifs is 1. The van der Waals surface area contributed by atoms with Crippen molar-refractivity contribution in [2.24, 2.45) is 11.0 Å². The number of carbonyl (C=O) groups is 1. The minimum Gasteiger partial charge on any atom is -0.454 e. The van der Waals surface area contributed by atoms with E-state index < -0.39 is 0 Å². The smallest absolute Gasteiger partial charge is 0.231 e. The molecule has 3 aliphatic rings. The van der Waals surface area contributed by atoms with Gasteiger partial charge in [0.25, 0.3) is 0 Å². The number of carbonyl (C=O) groups excluding carboxylic acids is 1. The zero-order valence-electron chi connectivity index (χ0n) is 14.0. The second-order valence-corrected chi connectivity index (χ2v) is 6.73. The standard InChI is InChI=1S/C18H23N3O3/c1-13(22)20-8-5-14(6-9-20)11-21-16(4-7-19-21)15-2-3-17-18(10-15)24-12-23-17/h2-3,7,10,14,16H,4-6,8-9,11-12H2,1H3. The van der Waals surface area contributed by atoms with Gasteiger partial charge in [-0.15, -0.1) is 0 Å². The van der Waals surface area contributed by atoms with E-state index in [9.17, 15) is 4.79 Å². The van der Waals surface area contributed by atoms with Crippen LogP contribution in [0.2, 0.25) is 0 Å². The van der Waals surface area contributed by atoms with E-state index >= 15 is 0 Å². The van der Waals surface area contributed by atoms with Crippen molar-refractivity contribution in [2.75, 3.05) is 26.4 Å². The molecule has 128 valence electrons. The normalized spacial score (nSPS) is 23.1. The lowest BCUT2D eigenvalue weighted by Gasteiger charge is -2.34. The lowest BCUT2D eigenvalue weighted by molar-refractivity contribution is -0.130. The molecule has 1 amide bonds. The van der Waals surface area contributed by atoms with Crippen LogP contribution in [0.15, 0.2) is 23.3 Å². The summed E-state index contributed by atoms with van der Waals surface area (Å²) in [5.74, 6) is 2.42. The summed E-state index contributed by atoms with van der Waals surface area (Å²) in [6.45, 7) is 4.64. The third kappa shape index (κ3) is 2.92. The molecule has 24 heavy (non-hydrogen) atoms. The van der Waals surface area contributed by atoms with E-state index in [-0.39, 0.29) is 11.9 Å². The Morgan fingerprint density at radius 2 is 2.04 bits per heavy atom. The van der Waals surface area contributed by atoms with Crippen LogP contribution in [0.3, 0.4) is 0 Å². The molecule has 0 aliphatic carbocycles. The summed E-state index contributed by atoms with van der Waals surface area (Å²) in [6, 6.07) is 6.44. The number of ether oxygens (including phenoxy) is 2. The van der Waals surface area contributed by atoms with Crippen LogP contribution in [-0.2, 0) is 4.79 Å². The number of rotatable bonds is 3. The highest BCUT2D eigenvalue weighted by molar-refractivity contribution is 5.73. The average Bonchev–Trinajstić information content (AvgIpc) is 3.23. The minimum atomic E-state index is 0.186. The van der Waals surface area contributed by atoms with Crippen LogP contribution in [0.4, 0.5) is 0 Å². The van der Waals surface area contributed by atoms with Crippen LogP contribution in [0.25, 0.3) is 0 Å². The predicted molar refractivity (Wildman–Crippen MR) is 90.1 cm³/mol. The van der Waals surface area contributed by atoms with Gasteiger partial charge in [-0.1, -0.05) is 6.07 Å². The molecule has 1 unspecified atom stereocenters. The third-order valence-corrected chi connectivity index (χ3v) is 5.20. The van der Waals surface area contributed by atoms with E-state index in [0.29, 0.717) is 12.7 Å². The Morgan fingerprint density at radius 3 is 2.83 bits per heavy atom. The van der Waals surface area contributed by atoms with Gasteiger partial charge in [0.1, 0.15) is 0 Å². The summed E-state index contributed by atoms with van der Waals surface area (Å²) < 4.78 is 10.9. The van der Waals surface area contributed by atoms with E-state index in [1.807, 2.05) is 17.2 Å². The maximum Gasteiger partial charge on any atom is 0.231 e. The van der Waals surface area contributed by atoms with Crippen molar-refractivity contribution in [3.05, 3.63) is 23.8 Å². The summed E-state index contributed by atoms with van der Waals surface area (Å²) in [4.78, 5) is 13.4. The molecule has 1 atom stereocenters. The largest absolute Gasteiger partial charge is 0.454 e. The number of hydrogen-bond donors (Lipinski definition) is 0. The third-order valence-electron chi connectivity index (χ3n) is 5.20. The molecule has 1 saturated heterocycles. The Balaban J connectivity index is 1.40. The Morgan fingerprint density at radius 1 is 1.25 bits per heavy atom. The molecule has 0 saturated carbocycles. The van der Waals surface area contributed by atoms with Gasteiger partial charge < -0.3 is 14.4 Å². The van der Waals surface area contributed by atoms with Crippen molar-refractivity contribution in [1.29, 1.82) is 0 Å². The van der Waals surface area contributed by atoms with Gasteiger partial charge in [0.2, 0.25) is 12.7 Å². The minimum absolute atomic E-state index is 0.186. The summed E-state index contributed by atoms with van der Waals surface area (Å²) in [5, 5.41) is 6.79. The number of benzene rings is 1. The molecule has 0 N–H and O–H groups in total. The van der Waals surface area contributed by atoms with Crippen LogP contribution < -0.4 is 9.47 Å². The first-order valence-corrected chi connectivity index (χ1v) is 8.65. The molecule has 6 nitrogen and oxygen atoms in total. The lowest BCUT2D eigenvalue weighted by Crippen LogP contribution is -2.39. The van der Waals surface area contributed by atoms with Crippen LogP contribution in [-0.4, -0.2) is 48.5 Å². The van der Waals surface area contributed by atoms with Gasteiger partial charge in [0.15, 0.2) is 11.5 Å². The first-order valence-electron chi connectivity index (χ1n) is 8.65. The molecular formula is C18H23N3O3. The molecule has 0 spiro atoms. The van der Waals surface area contributed by atoms with Crippen LogP contribution in [0, 0.1) is 5.92 Å². The summed E-state index contributed by atoms with van der Waals surface area (Å²) in [7, 11) is 0. The molecule has 3 aliphatic heterocycles. The zero-order chi connectivity index (χ0) is 16.5. The van der Waals surface area contributed by atoms with Crippen LogP contribution in [0.5, 0.6) is 11.5 Å². The van der Waals surface area contributed by atoms with E-state index in [4.69, 9.17) is 9.47 Å². The van der Waals surface area contributed by atoms with Crippen molar-refractivity contribution >= 4 is 12.1 Å². The van der Waals surface area contributed by atoms with E-state index in [1.54, 1.807) is 6.92 Å². The van der Waals surface area contributed by atoms with Gasteiger partial charge in [0.05, 0.1) is 6.04 Å². The van der Waals surface area contributed by atoms with Crippen molar-refractivity contribution in [3.8, 4) is 11.5 Å². The topological polar surface area (TPSA) is 54.4 Å². The Bertz CT molecular complexity index is 653. The Hall–Kier alpha value is -2.24. The van der Waals surface area contributed by atoms with Crippen LogP contribution in [0.1, 0.15) is 37.8 Å². The van der Waals surface area contributed by atoms with Crippen LogP contribution >= 0.6 is 0 Å². The molecule has 3 heterocycles. The van der Waals surface area contributed by atoms with Gasteiger partial charge in [-0.3, -0.25) is 9.80 Å². The maximum atomic E-state index is 11.4. The van der Waals surface area contributed by atoms with Crippen molar-refractivity contribution < 1.29 is 14.3 Å². The summed E-state index contributed by atoms with van der Waals surface area (Å²) in [5.41, 5.74) is 1.22. The van der Waals surface area contributed by atoms with E-state index in [1.165, 1.54) is 5.56 Å². The maximum absolute atomic E-state index is 11.4. The molecular weight excluding hydrogens is 306 g/mol. The average molecular weight is 329 g/mol. The second-order valence-electron chi connectivity index (χ2n) is 6.73. The first kappa shape index (κ1) is 15.3. The molecule has 0 aromatic heterocycles. The Kier molecular flexibility index (Phi) is 4.04. The zero-order valence-corrected chi connectivity index (χ0v) is 14.0. The summed E-state index contributed by atoms with van der Waals surface area (Å²) >= 11 is 0. The number of amides is 1. The first-order chi connectivity index (χ1) is 11.7. The van der Waals surface area contributed by atoms with Crippen molar-refractivity contribution in [1.82, 2.24) is 9.91 Å². The van der Waals surface area contributed by atoms with Gasteiger partial charge >= 0.3 is 0 Å². The molecule has 0 radical (unpaired) electrons. The van der Waals surface area contributed by atoms with Gasteiger partial charge in [-0.05, 0) is 36.5 Å². The quantitative estimate of drug-likeness (QED) is 0.854. The SMILES string of the molecule is CC(=O)N1CCC(CN2N=CCC2c2ccc3c(c2)OCO3)CC1. The fourth-order valence-corrected chi connectivity index (χ4v) is 3.75.